The van der Waals surface area contributed by atoms with Crippen LogP contribution in [0, 0.1) is 0 Å². The van der Waals surface area contributed by atoms with Crippen LogP contribution >= 0.6 is 0 Å². The Balaban J connectivity index is 2.35. The molecule has 0 saturated heterocycles. The number of nitrogens with one attached hydrogen (secondary N) is 1. The van der Waals surface area contributed by atoms with Gasteiger partial charge in [-0.05, 0) is 24.3 Å². The number of phenols is 1. The summed E-state index contributed by atoms with van der Waals surface area (Å²) in [7, 11) is -7.92. The van der Waals surface area contributed by atoms with Crippen molar-refractivity contribution >= 4 is 47.9 Å². The van der Waals surface area contributed by atoms with Crippen LogP contribution in [0.15, 0.2) is 69.7 Å². The number of nitrogens with two attached hydrogens (primary N) is 1. The summed E-state index contributed by atoms with van der Waals surface area (Å²) < 4.78 is 49.5. The summed E-state index contributed by atoms with van der Waals surface area (Å²) >= 11 is 0. The highest BCUT2D eigenvalue weighted by atomic mass is 32.2. The van der Waals surface area contributed by atoms with E-state index in [9.17, 15) is 21.9 Å². The molecule has 0 fully saturated rings. The van der Waals surface area contributed by atoms with E-state index in [1.807, 2.05) is 0 Å². The molecule has 3 rings (SSSR count). The molecule has 0 aromatic heterocycles. The van der Waals surface area contributed by atoms with Crippen molar-refractivity contribution in [1.82, 2.24) is 0 Å². The third-order valence-electron chi connectivity index (χ3n) is 3.71. The Morgan fingerprint density at radius 3 is 2.25 bits per heavy atom. The zero-order valence-electron chi connectivity index (χ0n) is 14.6. The molecule has 0 aliphatic heterocycles. The lowest BCUT2D eigenvalue weighted by Crippen LogP contribution is -2.13. The number of nitrogens with zero attached hydrogens (tertiary/aromatic N) is 2. The van der Waals surface area contributed by atoms with Gasteiger partial charge in [-0.25, -0.2) is 22.0 Å². The first-order valence-electron chi connectivity index (χ1n) is 7.82. The molecule has 0 amide bonds. The van der Waals surface area contributed by atoms with Gasteiger partial charge in [-0.1, -0.05) is 30.3 Å². The first-order valence-corrected chi connectivity index (χ1v) is 11.3. The predicted octanol–water partition coefficient (Wildman–Crippen LogP) is 2.98. The molecule has 146 valence electrons. The van der Waals surface area contributed by atoms with Gasteiger partial charge in [-0.2, -0.15) is 5.11 Å². The van der Waals surface area contributed by atoms with Crippen molar-refractivity contribution in [2.24, 2.45) is 15.4 Å². The van der Waals surface area contributed by atoms with Crippen molar-refractivity contribution in [3.05, 3.63) is 54.6 Å². The number of fused-ring (bicyclic) bond motifs is 1. The number of azo groups is 1. The maximum Gasteiger partial charge on any atom is 0.241 e. The Labute approximate surface area is 161 Å². The third kappa shape index (κ3) is 4.27. The molecule has 28 heavy (non-hydrogen) atoms. The van der Waals surface area contributed by atoms with Gasteiger partial charge < -0.3 is 5.11 Å². The lowest BCUT2D eigenvalue weighted by atomic mass is 10.1. The van der Waals surface area contributed by atoms with Crippen molar-refractivity contribution in [3.8, 4) is 5.75 Å². The largest absolute Gasteiger partial charge is 0.506 e. The van der Waals surface area contributed by atoms with Crippen LogP contribution in [0.2, 0.25) is 0 Å². The number of aromatic hydroxyl groups is 1. The minimum atomic E-state index is -4.27. The first-order chi connectivity index (χ1) is 13.1. The highest BCUT2D eigenvalue weighted by Crippen LogP contribution is 2.42. The van der Waals surface area contributed by atoms with E-state index in [0.717, 1.165) is 12.3 Å². The van der Waals surface area contributed by atoms with Gasteiger partial charge in [0.15, 0.2) is 0 Å². The van der Waals surface area contributed by atoms with Crippen LogP contribution in [0.5, 0.6) is 5.75 Å². The van der Waals surface area contributed by atoms with Gasteiger partial charge in [0, 0.05) is 10.8 Å². The summed E-state index contributed by atoms with van der Waals surface area (Å²) in [6.45, 7) is 0. The van der Waals surface area contributed by atoms with Crippen LogP contribution in [0.4, 0.5) is 17.1 Å². The van der Waals surface area contributed by atoms with Gasteiger partial charge in [0.2, 0.25) is 20.0 Å². The number of sulfonamides is 2. The number of hydrogen-bond donors (Lipinski definition) is 3. The average Bonchev–Trinajstić information content (AvgIpc) is 2.60. The molecule has 3 aromatic rings. The van der Waals surface area contributed by atoms with Crippen molar-refractivity contribution in [1.29, 1.82) is 0 Å². The zero-order chi connectivity index (χ0) is 20.5. The molecule has 0 saturated carbocycles. The predicted molar refractivity (Wildman–Crippen MR) is 106 cm³/mol. The minimum Gasteiger partial charge on any atom is -0.506 e. The molecule has 0 aliphatic rings. The first kappa shape index (κ1) is 19.7. The van der Waals surface area contributed by atoms with Crippen LogP contribution in [-0.4, -0.2) is 28.2 Å². The van der Waals surface area contributed by atoms with Gasteiger partial charge in [0.05, 0.1) is 23.3 Å². The Hall–Kier alpha value is -3.02. The second-order valence-corrected chi connectivity index (χ2v) is 9.20. The van der Waals surface area contributed by atoms with Crippen molar-refractivity contribution < 1.29 is 21.9 Å². The van der Waals surface area contributed by atoms with E-state index in [1.165, 1.54) is 18.2 Å². The summed E-state index contributed by atoms with van der Waals surface area (Å²) in [5.74, 6) is -0.603. The molecule has 4 N–H and O–H groups in total. The molecule has 11 heteroatoms. The standard InChI is InChI=1S/C17H16N4O5S2/c1-27(23,24)21-13-9-5-8-12-16(13)14(10-15(17(12)22)28(18,25)26)20-19-11-6-3-2-4-7-11/h2-10,21-22H,1H3,(H2,18,25,26)/b20-19+. The van der Waals surface area contributed by atoms with Crippen LogP contribution in [0.3, 0.4) is 0 Å². The van der Waals surface area contributed by atoms with Crippen molar-refractivity contribution in [3.63, 3.8) is 0 Å². The van der Waals surface area contributed by atoms with Gasteiger partial charge in [-0.15, -0.1) is 5.11 Å². The fourth-order valence-electron chi connectivity index (χ4n) is 2.61. The zero-order valence-corrected chi connectivity index (χ0v) is 16.2. The normalized spacial score (nSPS) is 12.5. The minimum absolute atomic E-state index is 0.0208. The average molecular weight is 420 g/mol. The highest BCUT2D eigenvalue weighted by Gasteiger charge is 2.21. The molecule has 0 unspecified atom stereocenters. The highest BCUT2D eigenvalue weighted by molar-refractivity contribution is 7.92. The van der Waals surface area contributed by atoms with Gasteiger partial charge in [0.25, 0.3) is 0 Å². The second-order valence-electron chi connectivity index (χ2n) is 5.93. The Morgan fingerprint density at radius 1 is 0.964 bits per heavy atom. The van der Waals surface area contributed by atoms with Crippen LogP contribution < -0.4 is 9.86 Å². The van der Waals surface area contributed by atoms with E-state index in [2.05, 4.69) is 15.0 Å². The number of anilines is 1. The van der Waals surface area contributed by atoms with Gasteiger partial charge in [-0.3, -0.25) is 4.72 Å². The summed E-state index contributed by atoms with van der Waals surface area (Å²) in [6, 6.07) is 14.0. The Morgan fingerprint density at radius 2 is 1.64 bits per heavy atom. The van der Waals surface area contributed by atoms with Crippen LogP contribution in [0.25, 0.3) is 10.8 Å². The fraction of sp³-hybridized carbons (Fsp3) is 0.0588. The van der Waals surface area contributed by atoms with E-state index in [4.69, 9.17) is 5.14 Å². The SMILES string of the molecule is CS(=O)(=O)Nc1cccc2c(O)c(S(N)(=O)=O)cc(/N=N/c3ccccc3)c12. The maximum atomic E-state index is 11.9. The number of hydrogen-bond acceptors (Lipinski definition) is 7. The lowest BCUT2D eigenvalue weighted by Gasteiger charge is -2.13. The molecule has 0 radical (unpaired) electrons. The van der Waals surface area contributed by atoms with Crippen molar-refractivity contribution in [2.45, 2.75) is 4.90 Å². The Bertz CT molecular complexity index is 1290. The second kappa shape index (κ2) is 7.19. The molecule has 0 aliphatic carbocycles. The quantitative estimate of drug-likeness (QED) is 0.542. The van der Waals surface area contributed by atoms with Crippen LogP contribution in [-0.2, 0) is 20.0 Å². The van der Waals surface area contributed by atoms with E-state index >= 15 is 0 Å². The van der Waals surface area contributed by atoms with E-state index < -0.39 is 30.7 Å². The molecule has 0 atom stereocenters. The number of phenolic OH excluding ortho intramolecular Hbond substituents is 1. The summed E-state index contributed by atoms with van der Waals surface area (Å²) in [5, 5.41) is 24.0. The van der Waals surface area contributed by atoms with E-state index in [-0.39, 0.29) is 22.1 Å². The van der Waals surface area contributed by atoms with E-state index in [0.29, 0.717) is 5.69 Å². The summed E-state index contributed by atoms with van der Waals surface area (Å²) in [5.41, 5.74) is 0.625. The molecule has 0 bridgehead atoms. The van der Waals surface area contributed by atoms with Gasteiger partial charge >= 0.3 is 0 Å². The lowest BCUT2D eigenvalue weighted by molar-refractivity contribution is 0.465. The van der Waals surface area contributed by atoms with E-state index in [1.54, 1.807) is 30.3 Å². The Kier molecular flexibility index (Phi) is 5.06. The van der Waals surface area contributed by atoms with Crippen LogP contribution in [0.1, 0.15) is 0 Å². The van der Waals surface area contributed by atoms with Gasteiger partial charge in [0.1, 0.15) is 10.6 Å². The molecule has 0 spiro atoms. The molecule has 9 nitrogen and oxygen atoms in total. The number of primary sulfonamides is 1. The molecular weight excluding hydrogens is 404 g/mol. The topological polar surface area (TPSA) is 151 Å². The molecular formula is C17H16N4O5S2. The summed E-state index contributed by atoms with van der Waals surface area (Å²) in [4.78, 5) is -0.543. The molecule has 3 aromatic carbocycles. The monoisotopic (exact) mass is 420 g/mol. The molecule has 0 heterocycles. The van der Waals surface area contributed by atoms with Crippen molar-refractivity contribution in [2.75, 3.05) is 11.0 Å². The maximum absolute atomic E-state index is 11.9. The fourth-order valence-corrected chi connectivity index (χ4v) is 3.83. The number of rotatable bonds is 5. The summed E-state index contributed by atoms with van der Waals surface area (Å²) in [6.07, 6.45) is 0.968. The smallest absolute Gasteiger partial charge is 0.241 e. The third-order valence-corrected chi connectivity index (χ3v) is 5.22. The number of benzene rings is 3.